The molecule has 0 aliphatic carbocycles. The number of H-pyrrole nitrogens is 1. The van der Waals surface area contributed by atoms with Crippen LogP contribution in [-0.2, 0) is 6.42 Å². The zero-order chi connectivity index (χ0) is 21.7. The second kappa shape index (κ2) is 7.29. The molecule has 5 rings (SSSR count). The van der Waals surface area contributed by atoms with E-state index in [1.807, 2.05) is 0 Å². The van der Waals surface area contributed by atoms with Crippen LogP contribution in [0, 0.1) is 12.7 Å². The van der Waals surface area contributed by atoms with Gasteiger partial charge in [0, 0.05) is 24.4 Å². The highest BCUT2D eigenvalue weighted by atomic mass is 19.1. The lowest BCUT2D eigenvalue weighted by molar-refractivity contribution is 0.126. The first-order valence-electron chi connectivity index (χ1n) is 9.70. The number of aromatic amines is 1. The summed E-state index contributed by atoms with van der Waals surface area (Å²) in [5.41, 5.74) is 8.14. The van der Waals surface area contributed by atoms with Gasteiger partial charge in [0.15, 0.2) is 5.75 Å². The molecule has 0 fully saturated rings. The first-order valence-corrected chi connectivity index (χ1v) is 9.70. The molecule has 4 aromatic rings. The third-order valence-corrected chi connectivity index (χ3v) is 5.32. The molecule has 1 aliphatic heterocycles. The lowest BCUT2D eigenvalue weighted by Gasteiger charge is -2.22. The number of aromatic nitrogens is 5. The van der Waals surface area contributed by atoms with Crippen LogP contribution in [0.3, 0.4) is 0 Å². The number of nitrogens with one attached hydrogen (secondary N) is 2. The Morgan fingerprint density at radius 3 is 2.84 bits per heavy atom. The average Bonchev–Trinajstić information content (AvgIpc) is 3.05. The van der Waals surface area contributed by atoms with Crippen molar-refractivity contribution in [3.05, 3.63) is 35.7 Å². The summed E-state index contributed by atoms with van der Waals surface area (Å²) in [6.07, 6.45) is 2.50. The van der Waals surface area contributed by atoms with Crippen molar-refractivity contribution in [2.75, 3.05) is 19.0 Å². The van der Waals surface area contributed by atoms with Gasteiger partial charge in [-0.3, -0.25) is 0 Å². The minimum atomic E-state index is -0.730. The van der Waals surface area contributed by atoms with Gasteiger partial charge in [0.05, 0.1) is 41.6 Å². The molecule has 10 nitrogen and oxygen atoms in total. The molecule has 4 heterocycles. The van der Waals surface area contributed by atoms with Crippen LogP contribution >= 0.6 is 0 Å². The van der Waals surface area contributed by atoms with E-state index in [9.17, 15) is 5.11 Å². The highest BCUT2D eigenvalue weighted by Gasteiger charge is 2.31. The fraction of sp³-hybridized carbons (Fsp3) is 0.300. The van der Waals surface area contributed by atoms with Crippen LogP contribution in [0.2, 0.25) is 0 Å². The highest BCUT2D eigenvalue weighted by molar-refractivity contribution is 6.14. The first-order chi connectivity index (χ1) is 15.0. The predicted molar refractivity (Wildman–Crippen MR) is 111 cm³/mol. The normalized spacial score (nSPS) is 16.4. The van der Waals surface area contributed by atoms with Crippen LogP contribution in [0.25, 0.3) is 21.9 Å². The fourth-order valence-electron chi connectivity index (χ4n) is 3.76. The van der Waals surface area contributed by atoms with Gasteiger partial charge in [-0.1, -0.05) is 0 Å². The number of anilines is 1. The molecule has 0 saturated carbocycles. The van der Waals surface area contributed by atoms with Crippen LogP contribution in [0.4, 0.5) is 10.1 Å². The Balaban J connectivity index is 1.73. The van der Waals surface area contributed by atoms with Gasteiger partial charge < -0.3 is 30.6 Å². The van der Waals surface area contributed by atoms with Crippen LogP contribution < -0.4 is 20.5 Å². The number of benzene rings is 1. The van der Waals surface area contributed by atoms with Crippen molar-refractivity contribution in [3.63, 3.8) is 0 Å². The summed E-state index contributed by atoms with van der Waals surface area (Å²) in [4.78, 5) is 20.3. The molecule has 1 aromatic carbocycles. The summed E-state index contributed by atoms with van der Waals surface area (Å²) < 4.78 is 26.8. The summed E-state index contributed by atoms with van der Waals surface area (Å²) in [5, 5.41) is 13.7. The van der Waals surface area contributed by atoms with Crippen molar-refractivity contribution < 1.29 is 19.0 Å². The molecular weight excluding hydrogens is 405 g/mol. The second-order valence-electron chi connectivity index (χ2n) is 7.32. The van der Waals surface area contributed by atoms with Gasteiger partial charge in [0.25, 0.3) is 0 Å². The molecule has 1 unspecified atom stereocenters. The number of ether oxygens (including phenoxy) is 2. The molecule has 2 atom stereocenters. The van der Waals surface area contributed by atoms with Crippen LogP contribution in [0.5, 0.6) is 17.6 Å². The van der Waals surface area contributed by atoms with Crippen LogP contribution in [0.1, 0.15) is 11.4 Å². The lowest BCUT2D eigenvalue weighted by Crippen LogP contribution is -2.43. The predicted octanol–water partition coefficient (Wildman–Crippen LogP) is 1.81. The lowest BCUT2D eigenvalue weighted by atomic mass is 9.98. The summed E-state index contributed by atoms with van der Waals surface area (Å²) in [6.45, 7) is 1.44. The number of aliphatic hydroxyl groups is 1. The van der Waals surface area contributed by atoms with Crippen molar-refractivity contribution in [1.82, 2.24) is 24.9 Å². The summed E-state index contributed by atoms with van der Waals surface area (Å²) in [7, 11) is 1.71. The van der Waals surface area contributed by atoms with E-state index in [0.29, 0.717) is 44.8 Å². The van der Waals surface area contributed by atoms with E-state index in [4.69, 9.17) is 15.2 Å². The van der Waals surface area contributed by atoms with E-state index in [0.717, 1.165) is 0 Å². The maximum atomic E-state index is 15.0. The molecule has 0 saturated heterocycles. The molecular formula is C20H20FN7O3. The number of nitrogens with zero attached hydrogens (tertiary/aromatic N) is 4. The molecule has 0 bridgehead atoms. The molecule has 160 valence electrons. The van der Waals surface area contributed by atoms with Crippen molar-refractivity contribution in [1.29, 1.82) is 0 Å². The largest absolute Gasteiger partial charge is 0.472 e. The van der Waals surface area contributed by atoms with Gasteiger partial charge in [0.2, 0.25) is 5.88 Å². The van der Waals surface area contributed by atoms with Gasteiger partial charge in [-0.15, -0.1) is 0 Å². The zero-order valence-corrected chi connectivity index (χ0v) is 16.8. The highest BCUT2D eigenvalue weighted by Crippen LogP contribution is 2.42. The molecule has 1 aliphatic rings. The molecule has 11 heteroatoms. The maximum Gasteiger partial charge on any atom is 0.327 e. The van der Waals surface area contributed by atoms with E-state index in [-0.39, 0.29) is 24.9 Å². The molecule has 3 aromatic heterocycles. The number of hydrogen-bond acceptors (Lipinski definition) is 9. The summed E-state index contributed by atoms with van der Waals surface area (Å²) in [5.74, 6) is 0.749. The molecule has 0 spiro atoms. The number of rotatable bonds is 5. The van der Waals surface area contributed by atoms with Crippen LogP contribution in [-0.4, -0.2) is 55.8 Å². The van der Waals surface area contributed by atoms with Gasteiger partial charge in [-0.05, 0) is 13.0 Å². The quantitative estimate of drug-likeness (QED) is 0.376. The SMILES string of the molecule is CNc1cc(F)c2c3c1[nH]c1nc(Oc4cnc(C)nc4)nc(c13)O[C@@H](C(N)CO)C2. The van der Waals surface area contributed by atoms with E-state index in [1.54, 1.807) is 14.0 Å². The van der Waals surface area contributed by atoms with Gasteiger partial charge in [-0.2, -0.15) is 9.97 Å². The Bertz CT molecular complexity index is 1290. The number of hydrogen-bond donors (Lipinski definition) is 4. The summed E-state index contributed by atoms with van der Waals surface area (Å²) >= 11 is 0. The van der Waals surface area contributed by atoms with E-state index in [2.05, 4.69) is 30.2 Å². The third-order valence-electron chi connectivity index (χ3n) is 5.32. The number of aliphatic hydroxyl groups excluding tert-OH is 1. The second-order valence-corrected chi connectivity index (χ2v) is 7.32. The zero-order valence-electron chi connectivity index (χ0n) is 16.8. The third kappa shape index (κ3) is 3.18. The Kier molecular flexibility index (Phi) is 4.56. The van der Waals surface area contributed by atoms with Crippen LogP contribution in [0.15, 0.2) is 18.5 Å². The molecule has 31 heavy (non-hydrogen) atoms. The summed E-state index contributed by atoms with van der Waals surface area (Å²) in [6, 6.07) is 0.688. The number of halogens is 1. The van der Waals surface area contributed by atoms with Crippen molar-refractivity contribution in [2.24, 2.45) is 5.73 Å². The topological polar surface area (TPSA) is 144 Å². The smallest absolute Gasteiger partial charge is 0.327 e. The van der Waals surface area contributed by atoms with Crippen molar-refractivity contribution in [3.8, 4) is 17.6 Å². The standard InChI is InChI=1S/C20H20FN7O3/c1-8-24-5-9(6-25-8)30-20-27-18-16-15-10(11(21)4-13(23-2)17(15)26-18)3-14(12(22)7-29)31-19(16)28-20/h4-6,12,14,23,29H,3,7,22H2,1-2H3,(H,26,27,28)/t12?,14-/m1/s1. The molecule has 5 N–H and O–H groups in total. The van der Waals surface area contributed by atoms with Crippen molar-refractivity contribution in [2.45, 2.75) is 25.5 Å². The van der Waals surface area contributed by atoms with Gasteiger partial charge in [-0.25, -0.2) is 14.4 Å². The first kappa shape index (κ1) is 19.4. The Morgan fingerprint density at radius 1 is 1.35 bits per heavy atom. The monoisotopic (exact) mass is 425 g/mol. The van der Waals surface area contributed by atoms with E-state index >= 15 is 4.39 Å². The molecule has 0 amide bonds. The number of nitrogens with two attached hydrogens (primary N) is 1. The van der Waals surface area contributed by atoms with Crippen molar-refractivity contribution >= 4 is 27.6 Å². The average molecular weight is 425 g/mol. The Morgan fingerprint density at radius 2 is 2.13 bits per heavy atom. The maximum absolute atomic E-state index is 15.0. The minimum Gasteiger partial charge on any atom is -0.472 e. The Hall–Kier alpha value is -3.57. The fourth-order valence-corrected chi connectivity index (χ4v) is 3.76. The molecule has 0 radical (unpaired) electrons. The van der Waals surface area contributed by atoms with Gasteiger partial charge in [0.1, 0.15) is 23.4 Å². The van der Waals surface area contributed by atoms with Gasteiger partial charge >= 0.3 is 6.01 Å². The van der Waals surface area contributed by atoms with E-state index in [1.165, 1.54) is 18.5 Å². The minimum absolute atomic E-state index is 0.00718. The number of aryl methyl sites for hydroxylation is 1. The Labute approximate surface area is 175 Å². The van der Waals surface area contributed by atoms with E-state index < -0.39 is 18.0 Å².